The van der Waals surface area contributed by atoms with E-state index in [9.17, 15) is 4.39 Å². The minimum atomic E-state index is -0.229. The van der Waals surface area contributed by atoms with Crippen LogP contribution in [0.5, 0.6) is 0 Å². The summed E-state index contributed by atoms with van der Waals surface area (Å²) in [7, 11) is 0. The Morgan fingerprint density at radius 1 is 1.36 bits per heavy atom. The standard InChI is InChI=1S/C12H14FN/c1-3-12(9(2)8-14)10-4-6-11(13)7-5-10/h4-7,9,12H,3H2,1-2H3/t9?,12-/m1/s1. The van der Waals surface area contributed by atoms with Crippen LogP contribution in [0.1, 0.15) is 31.7 Å². The number of benzene rings is 1. The monoisotopic (exact) mass is 191 g/mol. The lowest BCUT2D eigenvalue weighted by Crippen LogP contribution is -2.06. The van der Waals surface area contributed by atoms with Crippen LogP contribution in [0.4, 0.5) is 4.39 Å². The molecular formula is C12H14FN. The minimum absolute atomic E-state index is 0.0227. The zero-order valence-corrected chi connectivity index (χ0v) is 8.50. The molecule has 1 aromatic rings. The van der Waals surface area contributed by atoms with Gasteiger partial charge in [-0.2, -0.15) is 5.26 Å². The van der Waals surface area contributed by atoms with Gasteiger partial charge in [0.25, 0.3) is 0 Å². The summed E-state index contributed by atoms with van der Waals surface area (Å²) in [6.07, 6.45) is 0.903. The largest absolute Gasteiger partial charge is 0.207 e. The van der Waals surface area contributed by atoms with Crippen molar-refractivity contribution < 1.29 is 4.39 Å². The van der Waals surface area contributed by atoms with Gasteiger partial charge in [-0.15, -0.1) is 0 Å². The number of halogens is 1. The lowest BCUT2D eigenvalue weighted by atomic mass is 9.86. The summed E-state index contributed by atoms with van der Waals surface area (Å²) in [4.78, 5) is 0. The lowest BCUT2D eigenvalue weighted by Gasteiger charge is -2.17. The topological polar surface area (TPSA) is 23.8 Å². The average Bonchev–Trinajstić information content (AvgIpc) is 2.21. The van der Waals surface area contributed by atoms with Crippen LogP contribution < -0.4 is 0 Å². The summed E-state index contributed by atoms with van der Waals surface area (Å²) in [5, 5.41) is 8.83. The van der Waals surface area contributed by atoms with Crippen LogP contribution in [0, 0.1) is 23.1 Å². The molecule has 2 heteroatoms. The zero-order chi connectivity index (χ0) is 10.6. The first kappa shape index (κ1) is 10.7. The third-order valence-corrected chi connectivity index (χ3v) is 2.55. The fraction of sp³-hybridized carbons (Fsp3) is 0.417. The van der Waals surface area contributed by atoms with Gasteiger partial charge < -0.3 is 0 Å². The molecule has 74 valence electrons. The van der Waals surface area contributed by atoms with Crippen molar-refractivity contribution in [2.24, 2.45) is 5.92 Å². The van der Waals surface area contributed by atoms with Crippen LogP contribution in [0.2, 0.25) is 0 Å². The number of hydrogen-bond donors (Lipinski definition) is 0. The first-order chi connectivity index (χ1) is 6.69. The van der Waals surface area contributed by atoms with Crippen molar-refractivity contribution in [2.45, 2.75) is 26.2 Å². The zero-order valence-electron chi connectivity index (χ0n) is 8.50. The Kier molecular flexibility index (Phi) is 3.64. The molecular weight excluding hydrogens is 177 g/mol. The molecule has 0 aliphatic carbocycles. The third-order valence-electron chi connectivity index (χ3n) is 2.55. The lowest BCUT2D eigenvalue weighted by molar-refractivity contribution is 0.538. The summed E-state index contributed by atoms with van der Waals surface area (Å²) in [5.41, 5.74) is 1.04. The maximum atomic E-state index is 12.7. The van der Waals surface area contributed by atoms with Gasteiger partial charge in [0, 0.05) is 0 Å². The second kappa shape index (κ2) is 4.76. The van der Waals surface area contributed by atoms with E-state index in [0.29, 0.717) is 0 Å². The summed E-state index contributed by atoms with van der Waals surface area (Å²) in [6.45, 7) is 3.94. The fourth-order valence-electron chi connectivity index (χ4n) is 1.68. The smallest absolute Gasteiger partial charge is 0.123 e. The molecule has 0 N–H and O–H groups in total. The molecule has 2 atom stereocenters. The van der Waals surface area contributed by atoms with Crippen molar-refractivity contribution in [3.63, 3.8) is 0 Å². The van der Waals surface area contributed by atoms with E-state index in [4.69, 9.17) is 5.26 Å². The molecule has 1 rings (SSSR count). The summed E-state index contributed by atoms with van der Waals surface area (Å²) >= 11 is 0. The predicted molar refractivity (Wildman–Crippen MR) is 54.2 cm³/mol. The highest BCUT2D eigenvalue weighted by molar-refractivity contribution is 5.22. The van der Waals surface area contributed by atoms with Gasteiger partial charge >= 0.3 is 0 Å². The van der Waals surface area contributed by atoms with Crippen LogP contribution >= 0.6 is 0 Å². The van der Waals surface area contributed by atoms with Crippen molar-refractivity contribution in [3.8, 4) is 6.07 Å². The van der Waals surface area contributed by atoms with Gasteiger partial charge in [0.1, 0.15) is 5.82 Å². The Labute approximate surface area is 84.2 Å². The normalized spacial score (nSPS) is 14.4. The molecule has 0 heterocycles. The van der Waals surface area contributed by atoms with E-state index in [1.54, 1.807) is 12.1 Å². The van der Waals surface area contributed by atoms with E-state index in [0.717, 1.165) is 12.0 Å². The van der Waals surface area contributed by atoms with Crippen LogP contribution in [0.15, 0.2) is 24.3 Å². The summed E-state index contributed by atoms with van der Waals surface area (Å²) in [6, 6.07) is 8.65. The highest BCUT2D eigenvalue weighted by atomic mass is 19.1. The van der Waals surface area contributed by atoms with Gasteiger partial charge in [0.2, 0.25) is 0 Å². The molecule has 0 saturated carbocycles. The van der Waals surface area contributed by atoms with E-state index < -0.39 is 0 Å². The summed E-state index contributed by atoms with van der Waals surface area (Å²) < 4.78 is 12.7. The molecule has 0 amide bonds. The Hall–Kier alpha value is -1.36. The number of rotatable bonds is 3. The van der Waals surface area contributed by atoms with E-state index in [-0.39, 0.29) is 17.7 Å². The summed E-state index contributed by atoms with van der Waals surface area (Å²) in [5.74, 6) is -0.0423. The maximum absolute atomic E-state index is 12.7. The van der Waals surface area contributed by atoms with Crippen LogP contribution in [-0.4, -0.2) is 0 Å². The predicted octanol–water partition coefficient (Wildman–Crippen LogP) is 3.48. The van der Waals surface area contributed by atoms with Crippen LogP contribution in [0.3, 0.4) is 0 Å². The van der Waals surface area contributed by atoms with Crippen molar-refractivity contribution >= 4 is 0 Å². The number of nitriles is 1. The number of nitrogens with zero attached hydrogens (tertiary/aromatic N) is 1. The fourth-order valence-corrected chi connectivity index (χ4v) is 1.68. The molecule has 0 radical (unpaired) electrons. The van der Waals surface area contributed by atoms with E-state index in [1.807, 2.05) is 13.8 Å². The van der Waals surface area contributed by atoms with Gasteiger partial charge in [-0.3, -0.25) is 0 Å². The molecule has 1 unspecified atom stereocenters. The van der Waals surface area contributed by atoms with E-state index >= 15 is 0 Å². The van der Waals surface area contributed by atoms with Crippen molar-refractivity contribution in [3.05, 3.63) is 35.6 Å². The van der Waals surface area contributed by atoms with Crippen molar-refractivity contribution in [1.82, 2.24) is 0 Å². The molecule has 0 aliphatic heterocycles. The second-order valence-electron chi connectivity index (χ2n) is 3.48. The average molecular weight is 191 g/mol. The van der Waals surface area contributed by atoms with E-state index in [1.165, 1.54) is 12.1 Å². The molecule has 0 aromatic heterocycles. The molecule has 1 nitrogen and oxygen atoms in total. The molecule has 1 aromatic carbocycles. The molecule has 0 aliphatic rings. The highest BCUT2D eigenvalue weighted by Crippen LogP contribution is 2.27. The van der Waals surface area contributed by atoms with Crippen LogP contribution in [-0.2, 0) is 0 Å². The molecule has 14 heavy (non-hydrogen) atoms. The van der Waals surface area contributed by atoms with Gasteiger partial charge in [-0.05, 0) is 37.0 Å². The second-order valence-corrected chi connectivity index (χ2v) is 3.48. The SMILES string of the molecule is CC[C@@H](c1ccc(F)cc1)C(C)C#N. The molecule has 0 saturated heterocycles. The van der Waals surface area contributed by atoms with Crippen LogP contribution in [0.25, 0.3) is 0 Å². The van der Waals surface area contributed by atoms with Gasteiger partial charge in [-0.25, -0.2) is 4.39 Å². The Bertz CT molecular complexity index is 323. The van der Waals surface area contributed by atoms with Crippen molar-refractivity contribution in [1.29, 1.82) is 5.26 Å². The Balaban J connectivity index is 2.91. The molecule has 0 bridgehead atoms. The Morgan fingerprint density at radius 2 is 1.93 bits per heavy atom. The van der Waals surface area contributed by atoms with Gasteiger partial charge in [0.15, 0.2) is 0 Å². The quantitative estimate of drug-likeness (QED) is 0.717. The van der Waals surface area contributed by atoms with Gasteiger partial charge in [0.05, 0.1) is 12.0 Å². The van der Waals surface area contributed by atoms with E-state index in [2.05, 4.69) is 6.07 Å². The molecule has 0 fully saturated rings. The highest BCUT2D eigenvalue weighted by Gasteiger charge is 2.16. The van der Waals surface area contributed by atoms with Crippen molar-refractivity contribution in [2.75, 3.05) is 0 Å². The van der Waals surface area contributed by atoms with Gasteiger partial charge in [-0.1, -0.05) is 19.1 Å². The minimum Gasteiger partial charge on any atom is -0.207 e. The first-order valence-electron chi connectivity index (χ1n) is 4.84. The molecule has 0 spiro atoms. The first-order valence-corrected chi connectivity index (χ1v) is 4.84. The maximum Gasteiger partial charge on any atom is 0.123 e. The third kappa shape index (κ3) is 2.32. The Morgan fingerprint density at radius 3 is 2.36 bits per heavy atom. The number of hydrogen-bond acceptors (Lipinski definition) is 1.